The number of halogens is 2. The lowest BCUT2D eigenvalue weighted by Crippen LogP contribution is -2.27. The largest absolute Gasteiger partial charge is 0.487 e. The topological polar surface area (TPSA) is 54.8 Å². The lowest BCUT2D eigenvalue weighted by molar-refractivity contribution is 0.135. The van der Waals surface area contributed by atoms with Crippen molar-refractivity contribution in [2.24, 2.45) is 0 Å². The van der Waals surface area contributed by atoms with Crippen LogP contribution < -0.4 is 9.47 Å². The highest BCUT2D eigenvalue weighted by molar-refractivity contribution is 5.28. The van der Waals surface area contributed by atoms with Crippen LogP contribution in [0.15, 0.2) is 54.9 Å². The van der Waals surface area contributed by atoms with E-state index in [1.807, 2.05) is 4.90 Å². The zero-order valence-corrected chi connectivity index (χ0v) is 14.9. The van der Waals surface area contributed by atoms with Crippen LogP contribution in [0.2, 0.25) is 0 Å². The smallest absolute Gasteiger partial charge is 0.269 e. The zero-order chi connectivity index (χ0) is 19.2. The van der Waals surface area contributed by atoms with E-state index >= 15 is 0 Å². The predicted octanol–water partition coefficient (Wildman–Crippen LogP) is 3.56. The number of nitrogens with zero attached hydrogens (tertiary/aromatic N) is 2. The number of aliphatic hydroxyl groups is 1. The highest BCUT2D eigenvalue weighted by Crippen LogP contribution is 2.29. The number of alkyl halides is 2. The number of aliphatic hydroxyl groups excluding tert-OH is 1. The minimum atomic E-state index is -2.62. The molecule has 1 aromatic carbocycles. The molecule has 0 radical (unpaired) electrons. The van der Waals surface area contributed by atoms with Crippen LogP contribution in [0.25, 0.3) is 0 Å². The summed E-state index contributed by atoms with van der Waals surface area (Å²) in [6, 6.07) is 9.98. The van der Waals surface area contributed by atoms with Crippen molar-refractivity contribution in [2.75, 3.05) is 19.7 Å². The first-order valence-corrected chi connectivity index (χ1v) is 8.72. The third kappa shape index (κ3) is 4.95. The fourth-order valence-electron chi connectivity index (χ4n) is 2.89. The molecule has 0 saturated carbocycles. The molecule has 1 aliphatic heterocycles. The van der Waals surface area contributed by atoms with Gasteiger partial charge in [0.25, 0.3) is 6.43 Å². The number of pyridine rings is 1. The molecule has 0 amide bonds. The summed E-state index contributed by atoms with van der Waals surface area (Å²) < 4.78 is 37.5. The van der Waals surface area contributed by atoms with Crippen molar-refractivity contribution in [3.63, 3.8) is 0 Å². The maximum atomic E-state index is 13.0. The molecule has 144 valence electrons. The maximum Gasteiger partial charge on any atom is 0.269 e. The van der Waals surface area contributed by atoms with Crippen LogP contribution >= 0.6 is 0 Å². The Labute approximate surface area is 156 Å². The molecule has 0 aliphatic carbocycles. The molecule has 1 aromatic heterocycles. The molecule has 1 unspecified atom stereocenters. The van der Waals surface area contributed by atoms with Gasteiger partial charge in [-0.15, -0.1) is 0 Å². The first kappa shape index (κ1) is 19.1. The van der Waals surface area contributed by atoms with E-state index in [4.69, 9.17) is 14.6 Å². The van der Waals surface area contributed by atoms with Crippen LogP contribution in [0.3, 0.4) is 0 Å². The lowest BCUT2D eigenvalue weighted by atomic mass is 10.2. The van der Waals surface area contributed by atoms with Gasteiger partial charge < -0.3 is 19.5 Å². The fraction of sp³-hybridized carbons (Fsp3) is 0.350. The lowest BCUT2D eigenvalue weighted by Gasteiger charge is -2.21. The van der Waals surface area contributed by atoms with Crippen LogP contribution in [0, 0.1) is 0 Å². The van der Waals surface area contributed by atoms with Crippen molar-refractivity contribution in [1.29, 1.82) is 0 Å². The normalized spacial score (nSPS) is 16.6. The van der Waals surface area contributed by atoms with E-state index in [9.17, 15) is 8.78 Å². The molecule has 1 saturated heterocycles. The highest BCUT2D eigenvalue weighted by Gasteiger charge is 2.27. The predicted molar refractivity (Wildman–Crippen MR) is 96.8 cm³/mol. The van der Waals surface area contributed by atoms with E-state index in [1.54, 1.807) is 24.3 Å². The molecule has 2 aromatic rings. The van der Waals surface area contributed by atoms with Crippen LogP contribution in [-0.4, -0.2) is 40.8 Å². The van der Waals surface area contributed by atoms with Crippen LogP contribution in [0.1, 0.15) is 24.0 Å². The summed E-state index contributed by atoms with van der Waals surface area (Å²) in [5, 5.41) is 9.05. The molecular formula is C20H22F2N2O3. The molecule has 1 N–H and O–H groups in total. The zero-order valence-electron chi connectivity index (χ0n) is 14.9. The van der Waals surface area contributed by atoms with Gasteiger partial charge in [-0.2, -0.15) is 0 Å². The van der Waals surface area contributed by atoms with Gasteiger partial charge in [0.15, 0.2) is 0 Å². The summed E-state index contributed by atoms with van der Waals surface area (Å²) in [6.07, 6.45) is -0.698. The second-order valence-corrected chi connectivity index (χ2v) is 6.33. The van der Waals surface area contributed by atoms with Gasteiger partial charge in [-0.05, 0) is 29.8 Å². The Hall–Kier alpha value is -2.67. The first-order chi connectivity index (χ1) is 13.1. The van der Waals surface area contributed by atoms with Gasteiger partial charge >= 0.3 is 0 Å². The summed E-state index contributed by atoms with van der Waals surface area (Å²) in [7, 11) is 0. The molecule has 1 atom stereocenters. The van der Waals surface area contributed by atoms with Crippen LogP contribution in [0.4, 0.5) is 8.78 Å². The fourth-order valence-corrected chi connectivity index (χ4v) is 2.89. The van der Waals surface area contributed by atoms with E-state index < -0.39 is 6.43 Å². The van der Waals surface area contributed by atoms with Crippen molar-refractivity contribution in [3.05, 3.63) is 66.0 Å². The van der Waals surface area contributed by atoms with Gasteiger partial charge in [0.2, 0.25) is 5.88 Å². The van der Waals surface area contributed by atoms with Gasteiger partial charge in [-0.25, -0.2) is 13.8 Å². The summed E-state index contributed by atoms with van der Waals surface area (Å²) in [5.74, 6) is 0.681. The van der Waals surface area contributed by atoms with Gasteiger partial charge in [-0.1, -0.05) is 18.7 Å². The monoisotopic (exact) mass is 376 g/mol. The molecule has 3 rings (SSSR count). The number of likely N-dealkylation sites (tertiary alicyclic amines) is 1. The first-order valence-electron chi connectivity index (χ1n) is 8.72. The third-order valence-electron chi connectivity index (χ3n) is 4.42. The molecule has 0 bridgehead atoms. The summed E-state index contributed by atoms with van der Waals surface area (Å²) in [6.45, 7) is 5.61. The van der Waals surface area contributed by atoms with Crippen molar-refractivity contribution in [3.8, 4) is 11.6 Å². The third-order valence-corrected chi connectivity index (χ3v) is 4.42. The quantitative estimate of drug-likeness (QED) is 0.764. The second-order valence-electron chi connectivity index (χ2n) is 6.33. The number of hydrogen-bond acceptors (Lipinski definition) is 5. The Kier molecular flexibility index (Phi) is 6.24. The highest BCUT2D eigenvalue weighted by atomic mass is 19.3. The molecule has 27 heavy (non-hydrogen) atoms. The molecule has 1 fully saturated rings. The molecule has 1 aliphatic rings. The van der Waals surface area contributed by atoms with Crippen LogP contribution in [-0.2, 0) is 6.61 Å². The summed E-state index contributed by atoms with van der Waals surface area (Å²) in [4.78, 5) is 5.96. The van der Waals surface area contributed by atoms with Crippen molar-refractivity contribution in [2.45, 2.75) is 25.6 Å². The van der Waals surface area contributed by atoms with E-state index in [-0.39, 0.29) is 24.2 Å². The van der Waals surface area contributed by atoms with Gasteiger partial charge in [0, 0.05) is 24.9 Å². The summed E-state index contributed by atoms with van der Waals surface area (Å²) in [5.41, 5.74) is 1.42. The SMILES string of the molecule is C=C(COc1ccc(CO)cc1)N1CCC(Oc2ncccc2C(F)F)C1. The average molecular weight is 376 g/mol. The minimum absolute atomic E-state index is 0.00823. The van der Waals surface area contributed by atoms with Crippen molar-refractivity contribution < 1.29 is 23.4 Å². The van der Waals surface area contributed by atoms with E-state index in [0.29, 0.717) is 31.9 Å². The minimum Gasteiger partial charge on any atom is -0.487 e. The average Bonchev–Trinajstić information content (AvgIpc) is 3.15. The standard InChI is InChI=1S/C20H22F2N2O3/c1-14(13-26-16-6-4-15(12-25)5-7-16)24-10-8-17(11-24)27-20-18(19(21)22)3-2-9-23-20/h2-7,9,17,19,25H,1,8,10-13H2. The number of ether oxygens (including phenoxy) is 2. The Morgan fingerprint density at radius 2 is 2.07 bits per heavy atom. The van der Waals surface area contributed by atoms with Gasteiger partial charge in [-0.3, -0.25) is 0 Å². The number of benzene rings is 1. The van der Waals surface area contributed by atoms with Crippen LogP contribution in [0.5, 0.6) is 11.6 Å². The molecule has 5 nitrogen and oxygen atoms in total. The Morgan fingerprint density at radius 1 is 1.30 bits per heavy atom. The van der Waals surface area contributed by atoms with E-state index in [0.717, 1.165) is 11.3 Å². The Balaban J connectivity index is 1.50. The summed E-state index contributed by atoms with van der Waals surface area (Å²) >= 11 is 0. The van der Waals surface area contributed by atoms with E-state index in [2.05, 4.69) is 11.6 Å². The van der Waals surface area contributed by atoms with Crippen molar-refractivity contribution >= 4 is 0 Å². The molecule has 7 heteroatoms. The Morgan fingerprint density at radius 3 is 2.78 bits per heavy atom. The second kappa shape index (κ2) is 8.81. The van der Waals surface area contributed by atoms with Gasteiger partial charge in [0.05, 0.1) is 18.7 Å². The molecular weight excluding hydrogens is 354 g/mol. The number of hydrogen-bond donors (Lipinski definition) is 1. The molecule has 0 spiro atoms. The number of aromatic nitrogens is 1. The molecule has 2 heterocycles. The van der Waals surface area contributed by atoms with E-state index in [1.165, 1.54) is 18.3 Å². The Bertz CT molecular complexity index is 768. The van der Waals surface area contributed by atoms with Crippen molar-refractivity contribution in [1.82, 2.24) is 9.88 Å². The van der Waals surface area contributed by atoms with Gasteiger partial charge in [0.1, 0.15) is 18.5 Å². The number of rotatable bonds is 8. The maximum absolute atomic E-state index is 13.0.